The van der Waals surface area contributed by atoms with Crippen molar-refractivity contribution in [1.82, 2.24) is 30.0 Å². The fourth-order valence-electron chi connectivity index (χ4n) is 6.70. The molecule has 2 saturated heterocycles. The average molecular weight is 534 g/mol. The topological polar surface area (TPSA) is 127 Å². The zero-order chi connectivity index (χ0) is 27.5. The van der Waals surface area contributed by atoms with E-state index >= 15 is 0 Å². The van der Waals surface area contributed by atoms with Crippen molar-refractivity contribution < 1.29 is 9.90 Å². The number of likely N-dealkylation sites (tertiary alicyclic amines) is 1. The maximum atomic E-state index is 13.9. The number of urea groups is 1. The minimum atomic E-state index is -1.12. The predicted molar refractivity (Wildman–Crippen MR) is 151 cm³/mol. The van der Waals surface area contributed by atoms with Crippen LogP contribution in [0.25, 0.3) is 5.70 Å². The molecule has 1 aromatic heterocycles. The number of carbonyl (C=O) groups excluding carboxylic acids is 1. The molecule has 3 heterocycles. The first kappa shape index (κ1) is 27.1. The van der Waals surface area contributed by atoms with Crippen LogP contribution >= 0.6 is 0 Å². The zero-order valence-electron chi connectivity index (χ0n) is 22.6. The van der Waals surface area contributed by atoms with Crippen molar-refractivity contribution in [2.75, 3.05) is 39.8 Å². The molecule has 3 aliphatic rings. The number of nitrogens with one attached hydrogen (secondary N) is 3. The highest BCUT2D eigenvalue weighted by Gasteiger charge is 2.56. The maximum absolute atomic E-state index is 13.9. The molecule has 10 heteroatoms. The number of rotatable bonds is 6. The van der Waals surface area contributed by atoms with E-state index in [0.29, 0.717) is 37.4 Å². The van der Waals surface area contributed by atoms with E-state index in [1.54, 1.807) is 13.1 Å². The van der Waals surface area contributed by atoms with E-state index in [2.05, 4.69) is 27.8 Å². The first-order valence-corrected chi connectivity index (χ1v) is 13.9. The quantitative estimate of drug-likeness (QED) is 0.422. The van der Waals surface area contributed by atoms with E-state index in [-0.39, 0.29) is 24.2 Å². The van der Waals surface area contributed by atoms with Gasteiger partial charge >= 0.3 is 6.03 Å². The summed E-state index contributed by atoms with van der Waals surface area (Å²) in [5.41, 5.74) is 0.313. The third-order valence-electron chi connectivity index (χ3n) is 8.89. The van der Waals surface area contributed by atoms with Gasteiger partial charge in [-0.05, 0) is 30.9 Å². The molecule has 208 valence electrons. The third-order valence-corrected chi connectivity index (χ3v) is 8.89. The van der Waals surface area contributed by atoms with Gasteiger partial charge in [-0.15, -0.1) is 0 Å². The molecule has 1 saturated carbocycles. The largest absolute Gasteiger partial charge is 0.387 e. The summed E-state index contributed by atoms with van der Waals surface area (Å²) >= 11 is 0. The summed E-state index contributed by atoms with van der Waals surface area (Å²) in [7, 11) is 1.71. The van der Waals surface area contributed by atoms with E-state index in [9.17, 15) is 14.7 Å². The molecule has 1 spiro atoms. The van der Waals surface area contributed by atoms with Gasteiger partial charge in [-0.2, -0.15) is 0 Å². The first-order valence-electron chi connectivity index (χ1n) is 13.9. The number of allylic oxidation sites excluding steroid dienone is 1. The van der Waals surface area contributed by atoms with Gasteiger partial charge in [0.25, 0.3) is 5.56 Å². The van der Waals surface area contributed by atoms with Crippen molar-refractivity contribution in [2.24, 2.45) is 5.41 Å². The van der Waals surface area contributed by atoms with Crippen molar-refractivity contribution >= 4 is 17.9 Å². The molecule has 1 aliphatic carbocycles. The predicted octanol–water partition coefficient (Wildman–Crippen LogP) is 2.22. The Balaban J connectivity index is 1.37. The van der Waals surface area contributed by atoms with Crippen LogP contribution in [-0.4, -0.2) is 82.1 Å². The van der Waals surface area contributed by atoms with Gasteiger partial charge in [0.15, 0.2) is 0 Å². The standard InChI is InChI=1S/C29H39N7O3/c1-31-23(9-13-30)24-17-26(37)35(21-33-24)20-29(39)12-15-34(19-28(29)10-5-6-11-28)27(38)36-16-14-32-18-25(36)22-7-3-2-4-8-22/h2-4,7-9,13,17,21,25,30-32,39H,5-6,10-12,14-16,18-20H2,1H3/b23-9-,30-13?. The van der Waals surface area contributed by atoms with E-state index < -0.39 is 11.0 Å². The number of piperidine rings is 1. The average Bonchev–Trinajstić information content (AvgIpc) is 3.44. The molecule has 4 N–H and O–H groups in total. The molecule has 2 atom stereocenters. The Kier molecular flexibility index (Phi) is 7.86. The maximum Gasteiger partial charge on any atom is 0.320 e. The molecule has 0 bridgehead atoms. The highest BCUT2D eigenvalue weighted by molar-refractivity contribution is 5.80. The molecule has 10 nitrogen and oxygen atoms in total. The van der Waals surface area contributed by atoms with Gasteiger partial charge in [-0.3, -0.25) is 9.36 Å². The molecule has 2 amide bonds. The number of piperazine rings is 1. The Bertz CT molecular complexity index is 1270. The van der Waals surface area contributed by atoms with Crippen LogP contribution in [0.5, 0.6) is 0 Å². The van der Waals surface area contributed by atoms with Crippen LogP contribution in [0.3, 0.4) is 0 Å². The van der Waals surface area contributed by atoms with Gasteiger partial charge in [0.2, 0.25) is 0 Å². The summed E-state index contributed by atoms with van der Waals surface area (Å²) < 4.78 is 1.49. The normalized spacial score (nSPS) is 25.1. The third kappa shape index (κ3) is 5.23. The number of amides is 2. The second-order valence-corrected chi connectivity index (χ2v) is 11.0. The smallest absolute Gasteiger partial charge is 0.320 e. The first-order chi connectivity index (χ1) is 18.9. The van der Waals surface area contributed by atoms with Crippen molar-refractivity contribution in [3.63, 3.8) is 0 Å². The summed E-state index contributed by atoms with van der Waals surface area (Å²) in [6.07, 6.45) is 8.21. The Morgan fingerprint density at radius 3 is 2.69 bits per heavy atom. The molecule has 39 heavy (non-hydrogen) atoms. The molecular weight excluding hydrogens is 494 g/mol. The molecule has 2 aromatic rings. The fourth-order valence-corrected chi connectivity index (χ4v) is 6.70. The van der Waals surface area contributed by atoms with Gasteiger partial charge in [0.05, 0.1) is 35.9 Å². The van der Waals surface area contributed by atoms with E-state index in [4.69, 9.17) is 5.41 Å². The van der Waals surface area contributed by atoms with Crippen molar-refractivity contribution in [3.8, 4) is 0 Å². The minimum absolute atomic E-state index is 0.0273. The van der Waals surface area contributed by atoms with Crippen LogP contribution in [0.4, 0.5) is 4.79 Å². The second kappa shape index (κ2) is 11.3. The monoisotopic (exact) mass is 533 g/mol. The summed E-state index contributed by atoms with van der Waals surface area (Å²) in [6.45, 7) is 3.18. The summed E-state index contributed by atoms with van der Waals surface area (Å²) in [5.74, 6) is 0. The molecule has 3 fully saturated rings. The number of nitrogens with zero attached hydrogens (tertiary/aromatic N) is 4. The lowest BCUT2D eigenvalue weighted by Crippen LogP contribution is -2.64. The van der Waals surface area contributed by atoms with Crippen molar-refractivity contribution in [3.05, 3.63) is 70.4 Å². The Labute approximate surface area is 229 Å². The van der Waals surface area contributed by atoms with Crippen LogP contribution in [0, 0.1) is 10.8 Å². The Morgan fingerprint density at radius 1 is 1.23 bits per heavy atom. The summed E-state index contributed by atoms with van der Waals surface area (Å²) in [6, 6.07) is 11.6. The van der Waals surface area contributed by atoms with Crippen LogP contribution in [0.15, 0.2) is 53.6 Å². The van der Waals surface area contributed by atoms with E-state index in [1.807, 2.05) is 28.0 Å². The number of hydrogen-bond donors (Lipinski definition) is 4. The SMILES string of the molecule is CN/C(=C\C=N)c1cc(=O)n(CC2(O)CCN(C(=O)N3CCNCC3c3ccccc3)CC23CCCC3)cn1. The number of aliphatic hydroxyl groups is 1. The van der Waals surface area contributed by atoms with Crippen LogP contribution < -0.4 is 16.2 Å². The molecule has 2 aliphatic heterocycles. The second-order valence-electron chi connectivity index (χ2n) is 11.0. The lowest BCUT2D eigenvalue weighted by Gasteiger charge is -2.53. The Morgan fingerprint density at radius 2 is 2.00 bits per heavy atom. The van der Waals surface area contributed by atoms with Crippen LogP contribution in [0.2, 0.25) is 0 Å². The zero-order valence-corrected chi connectivity index (χ0v) is 22.6. The lowest BCUT2D eigenvalue weighted by molar-refractivity contribution is -0.137. The summed E-state index contributed by atoms with van der Waals surface area (Å²) in [4.78, 5) is 35.3. The molecule has 2 unspecified atom stereocenters. The van der Waals surface area contributed by atoms with Gasteiger partial charge < -0.3 is 30.9 Å². The van der Waals surface area contributed by atoms with Gasteiger partial charge in [-0.1, -0.05) is 43.2 Å². The van der Waals surface area contributed by atoms with Crippen molar-refractivity contribution in [1.29, 1.82) is 5.41 Å². The number of aromatic nitrogens is 2. The number of carbonyl (C=O) groups is 1. The molecule has 1 aromatic carbocycles. The molecule has 5 rings (SSSR count). The van der Waals surface area contributed by atoms with Crippen LogP contribution in [0.1, 0.15) is 49.4 Å². The minimum Gasteiger partial charge on any atom is -0.387 e. The van der Waals surface area contributed by atoms with Gasteiger partial charge in [0, 0.05) is 57.5 Å². The summed E-state index contributed by atoms with van der Waals surface area (Å²) in [5, 5.41) is 25.8. The lowest BCUT2D eigenvalue weighted by atomic mass is 9.66. The fraction of sp³-hybridized carbons (Fsp3) is 0.517. The van der Waals surface area contributed by atoms with Gasteiger partial charge in [-0.25, -0.2) is 9.78 Å². The van der Waals surface area contributed by atoms with Crippen molar-refractivity contribution in [2.45, 2.75) is 50.3 Å². The number of benzene rings is 1. The molecular formula is C29H39N7O3. The Hall–Kier alpha value is -3.50. The van der Waals surface area contributed by atoms with E-state index in [1.165, 1.54) is 17.0 Å². The highest BCUT2D eigenvalue weighted by Crippen LogP contribution is 2.51. The highest BCUT2D eigenvalue weighted by atomic mass is 16.3. The van der Waals surface area contributed by atoms with Crippen LogP contribution in [-0.2, 0) is 6.54 Å². The molecule has 0 radical (unpaired) electrons. The van der Waals surface area contributed by atoms with Gasteiger partial charge in [0.1, 0.15) is 0 Å². The van der Waals surface area contributed by atoms with E-state index in [0.717, 1.165) is 50.6 Å². The number of hydrogen-bond acceptors (Lipinski definition) is 7.